The first-order valence-electron chi connectivity index (χ1n) is 7.66. The molecule has 0 unspecified atom stereocenters. The Morgan fingerprint density at radius 1 is 1.12 bits per heavy atom. The van der Waals surface area contributed by atoms with Crippen LogP contribution in [0.1, 0.15) is 27.6 Å². The summed E-state index contributed by atoms with van der Waals surface area (Å²) in [5.41, 5.74) is 1.67. The number of ketones is 1. The van der Waals surface area contributed by atoms with Crippen LogP contribution in [0.25, 0.3) is 10.9 Å². The lowest BCUT2D eigenvalue weighted by molar-refractivity contribution is 0.0318. The lowest BCUT2D eigenvalue weighted by atomic mass is 10.1. The zero-order valence-electron chi connectivity index (χ0n) is 13.7. The number of fused-ring (bicyclic) bond motifs is 1. The van der Waals surface area contributed by atoms with Crippen molar-refractivity contribution in [3.05, 3.63) is 64.3 Å². The van der Waals surface area contributed by atoms with Crippen molar-refractivity contribution in [2.75, 3.05) is 7.11 Å². The van der Waals surface area contributed by atoms with Gasteiger partial charge in [0, 0.05) is 27.1 Å². The molecule has 2 aromatic carbocycles. The molecule has 1 heterocycles. The highest BCUT2D eigenvalue weighted by molar-refractivity contribution is 9.10. The quantitative estimate of drug-likeness (QED) is 0.509. The maximum atomic E-state index is 12.7. The van der Waals surface area contributed by atoms with Gasteiger partial charge in [-0.25, -0.2) is 4.79 Å². The molecule has 0 bridgehead atoms. The number of esters is 1. The molecule has 0 aliphatic carbocycles. The molecule has 0 amide bonds. The number of carbonyl (C=O) groups is 2. The average molecular weight is 402 g/mol. The Balaban J connectivity index is 1.81. The van der Waals surface area contributed by atoms with Crippen LogP contribution < -0.4 is 4.74 Å². The van der Waals surface area contributed by atoms with Crippen LogP contribution in [0, 0.1) is 0 Å². The molecule has 3 rings (SSSR count). The number of ether oxygens (including phenoxy) is 2. The van der Waals surface area contributed by atoms with E-state index in [1.54, 1.807) is 31.3 Å². The molecule has 0 fully saturated rings. The number of carbonyl (C=O) groups excluding carboxylic acids is 2. The number of hydrogen-bond donors (Lipinski definition) is 1. The minimum absolute atomic E-state index is 0.259. The van der Waals surface area contributed by atoms with E-state index in [-0.39, 0.29) is 5.78 Å². The number of aromatic nitrogens is 1. The summed E-state index contributed by atoms with van der Waals surface area (Å²) in [5, 5.41) is 0.804. The SMILES string of the molecule is COc1ccc(Br)c(C(=O)O[C@H](C)C(=O)c2c[nH]c3ccccc23)c1. The maximum Gasteiger partial charge on any atom is 0.340 e. The van der Waals surface area contributed by atoms with Crippen LogP contribution in [0.5, 0.6) is 5.75 Å². The van der Waals surface area contributed by atoms with E-state index in [9.17, 15) is 9.59 Å². The van der Waals surface area contributed by atoms with Crippen molar-refractivity contribution in [2.24, 2.45) is 0 Å². The van der Waals surface area contributed by atoms with E-state index in [4.69, 9.17) is 9.47 Å². The number of para-hydroxylation sites is 1. The Bertz CT molecular complexity index is 948. The van der Waals surface area contributed by atoms with Crippen molar-refractivity contribution in [1.29, 1.82) is 0 Å². The summed E-state index contributed by atoms with van der Waals surface area (Å²) in [7, 11) is 1.52. The van der Waals surface area contributed by atoms with Gasteiger partial charge in [0.05, 0.1) is 12.7 Å². The average Bonchev–Trinajstić information content (AvgIpc) is 3.05. The molecule has 0 radical (unpaired) electrons. The first kappa shape index (κ1) is 17.2. The molecule has 0 spiro atoms. The first-order valence-corrected chi connectivity index (χ1v) is 8.45. The fourth-order valence-corrected chi connectivity index (χ4v) is 2.97. The van der Waals surface area contributed by atoms with Gasteiger partial charge < -0.3 is 14.5 Å². The molecule has 0 aliphatic heterocycles. The summed E-state index contributed by atoms with van der Waals surface area (Å²) in [6, 6.07) is 12.5. The number of benzene rings is 2. The molecule has 5 nitrogen and oxygen atoms in total. The number of aromatic amines is 1. The third kappa shape index (κ3) is 3.44. The first-order chi connectivity index (χ1) is 12.0. The molecule has 128 valence electrons. The minimum Gasteiger partial charge on any atom is -0.497 e. The van der Waals surface area contributed by atoms with Crippen LogP contribution in [0.2, 0.25) is 0 Å². The zero-order valence-corrected chi connectivity index (χ0v) is 15.3. The second-order valence-electron chi connectivity index (χ2n) is 5.51. The summed E-state index contributed by atoms with van der Waals surface area (Å²) in [6.07, 6.45) is 0.725. The van der Waals surface area contributed by atoms with Gasteiger partial charge in [0.2, 0.25) is 5.78 Å². The highest BCUT2D eigenvalue weighted by Crippen LogP contribution is 2.25. The summed E-state index contributed by atoms with van der Waals surface area (Å²) in [4.78, 5) is 28.1. The van der Waals surface area contributed by atoms with E-state index < -0.39 is 12.1 Å². The Hall–Kier alpha value is -2.60. The zero-order chi connectivity index (χ0) is 18.0. The number of halogens is 1. The molecule has 1 N–H and O–H groups in total. The Morgan fingerprint density at radius 3 is 2.64 bits per heavy atom. The topological polar surface area (TPSA) is 68.4 Å². The number of nitrogens with one attached hydrogen (secondary N) is 1. The fraction of sp³-hybridized carbons (Fsp3) is 0.158. The fourth-order valence-electron chi connectivity index (χ4n) is 2.56. The Morgan fingerprint density at radius 2 is 1.88 bits per heavy atom. The second-order valence-corrected chi connectivity index (χ2v) is 6.36. The van der Waals surface area contributed by atoms with Crippen molar-refractivity contribution in [3.8, 4) is 5.75 Å². The van der Waals surface area contributed by atoms with Gasteiger partial charge in [0.15, 0.2) is 6.10 Å². The molecule has 0 saturated heterocycles. The lowest BCUT2D eigenvalue weighted by Crippen LogP contribution is -2.24. The number of hydrogen-bond acceptors (Lipinski definition) is 4. The van der Waals surface area contributed by atoms with Gasteiger partial charge in [-0.3, -0.25) is 4.79 Å². The summed E-state index contributed by atoms with van der Waals surface area (Å²) < 4.78 is 11.1. The van der Waals surface area contributed by atoms with Crippen LogP contribution in [0.3, 0.4) is 0 Å². The Kier molecular flexibility index (Phi) is 4.90. The second kappa shape index (κ2) is 7.11. The van der Waals surface area contributed by atoms with Gasteiger partial charge in [-0.15, -0.1) is 0 Å². The lowest BCUT2D eigenvalue weighted by Gasteiger charge is -2.13. The van der Waals surface area contributed by atoms with Gasteiger partial charge in [0.1, 0.15) is 5.75 Å². The van der Waals surface area contributed by atoms with Gasteiger partial charge >= 0.3 is 5.97 Å². The van der Waals surface area contributed by atoms with Gasteiger partial charge in [-0.1, -0.05) is 18.2 Å². The van der Waals surface area contributed by atoms with Crippen LogP contribution in [0.4, 0.5) is 0 Å². The summed E-state index contributed by atoms with van der Waals surface area (Å²) >= 11 is 3.31. The molecule has 3 aromatic rings. The van der Waals surface area contributed by atoms with E-state index in [1.165, 1.54) is 7.11 Å². The molecule has 6 heteroatoms. The number of rotatable bonds is 5. The van der Waals surface area contributed by atoms with Gasteiger partial charge in [-0.2, -0.15) is 0 Å². The van der Waals surface area contributed by atoms with Gasteiger partial charge in [-0.05, 0) is 47.1 Å². The molecule has 1 aromatic heterocycles. The molecule has 0 aliphatic rings. The number of H-pyrrole nitrogens is 1. The van der Waals surface area contributed by atoms with Crippen molar-refractivity contribution < 1.29 is 19.1 Å². The molecule has 1 atom stereocenters. The third-order valence-corrected chi connectivity index (χ3v) is 4.59. The predicted molar refractivity (Wildman–Crippen MR) is 98.2 cm³/mol. The monoisotopic (exact) mass is 401 g/mol. The van der Waals surface area contributed by atoms with Crippen LogP contribution in [-0.2, 0) is 4.74 Å². The van der Waals surface area contributed by atoms with E-state index >= 15 is 0 Å². The van der Waals surface area contributed by atoms with E-state index in [0.29, 0.717) is 21.3 Å². The van der Waals surface area contributed by atoms with Crippen LogP contribution in [0.15, 0.2) is 53.1 Å². The molecule has 25 heavy (non-hydrogen) atoms. The van der Waals surface area contributed by atoms with Crippen molar-refractivity contribution in [1.82, 2.24) is 4.98 Å². The number of Topliss-reactive ketones (excluding diaryl/α,β-unsaturated/α-hetero) is 1. The van der Waals surface area contributed by atoms with Crippen molar-refractivity contribution in [2.45, 2.75) is 13.0 Å². The normalized spacial score (nSPS) is 12.0. The van der Waals surface area contributed by atoms with Crippen LogP contribution >= 0.6 is 15.9 Å². The molecular weight excluding hydrogens is 386 g/mol. The summed E-state index contributed by atoms with van der Waals surface area (Å²) in [6.45, 7) is 1.57. The highest BCUT2D eigenvalue weighted by atomic mass is 79.9. The van der Waals surface area contributed by atoms with Crippen molar-refractivity contribution in [3.63, 3.8) is 0 Å². The smallest absolute Gasteiger partial charge is 0.340 e. The van der Waals surface area contributed by atoms with E-state index in [0.717, 1.165) is 10.9 Å². The molecular formula is C19H16BrNO4. The van der Waals surface area contributed by atoms with Crippen LogP contribution in [-0.4, -0.2) is 30.0 Å². The number of methoxy groups -OCH3 is 1. The highest BCUT2D eigenvalue weighted by Gasteiger charge is 2.24. The Labute approximate surface area is 153 Å². The maximum absolute atomic E-state index is 12.7. The van der Waals surface area contributed by atoms with E-state index in [2.05, 4.69) is 20.9 Å². The largest absolute Gasteiger partial charge is 0.497 e. The predicted octanol–water partition coefficient (Wildman–Crippen LogP) is 4.37. The van der Waals surface area contributed by atoms with Gasteiger partial charge in [0.25, 0.3) is 0 Å². The summed E-state index contributed by atoms with van der Waals surface area (Å²) in [5.74, 6) is -0.318. The van der Waals surface area contributed by atoms with Crippen molar-refractivity contribution >= 4 is 38.6 Å². The standard InChI is InChI=1S/C19H16BrNO4/c1-11(18(22)15-10-21-17-6-4-3-5-13(15)17)25-19(23)14-9-12(24-2)7-8-16(14)20/h3-11,21H,1-2H3/t11-/m1/s1. The minimum atomic E-state index is -0.912. The molecule has 0 saturated carbocycles. The third-order valence-electron chi connectivity index (χ3n) is 3.90. The van der Waals surface area contributed by atoms with E-state index in [1.807, 2.05) is 24.3 Å².